The molecule has 0 aliphatic carbocycles. The lowest BCUT2D eigenvalue weighted by Crippen LogP contribution is -2.30. The van der Waals surface area contributed by atoms with E-state index in [-0.39, 0.29) is 35.9 Å². The van der Waals surface area contributed by atoms with E-state index >= 15 is 0 Å². The minimum absolute atomic E-state index is 0.0671. The molecular weight excluding hydrogens is 581 g/mol. The summed E-state index contributed by atoms with van der Waals surface area (Å²) >= 11 is 1.78. The summed E-state index contributed by atoms with van der Waals surface area (Å²) in [6.07, 6.45) is 1.22. The molecular formula is C35H36O6S2. The molecule has 0 bridgehead atoms. The van der Waals surface area contributed by atoms with Crippen LogP contribution in [0.2, 0.25) is 0 Å². The maximum absolute atomic E-state index is 11.8. The van der Waals surface area contributed by atoms with E-state index < -0.39 is 9.84 Å². The summed E-state index contributed by atoms with van der Waals surface area (Å²) < 4.78 is 41.9. The molecule has 1 atom stereocenters. The fraction of sp³-hybridized carbons (Fsp3) is 0.343. The molecule has 6 nitrogen and oxygen atoms in total. The molecule has 2 heterocycles. The first-order valence-corrected chi connectivity index (χ1v) is 17.0. The van der Waals surface area contributed by atoms with Gasteiger partial charge in [0.15, 0.2) is 9.84 Å². The van der Waals surface area contributed by atoms with Crippen molar-refractivity contribution in [1.82, 2.24) is 0 Å². The SMILES string of the molecule is CC#C[C@@H](CC(=O)OC)c1ccc(OCc2ccc3sc(C)c(-c4ccc(OC5CCS(=O)(=O)CC5)cc4C)c3c2)cc1. The molecule has 1 aliphatic heterocycles. The predicted octanol–water partition coefficient (Wildman–Crippen LogP) is 7.39. The van der Waals surface area contributed by atoms with Crippen molar-refractivity contribution in [3.05, 3.63) is 82.2 Å². The topological polar surface area (TPSA) is 78.9 Å². The number of sulfone groups is 1. The van der Waals surface area contributed by atoms with Crippen molar-refractivity contribution in [2.75, 3.05) is 18.6 Å². The van der Waals surface area contributed by atoms with Crippen LogP contribution in [-0.2, 0) is 26.0 Å². The van der Waals surface area contributed by atoms with Crippen LogP contribution in [0.1, 0.15) is 53.7 Å². The molecule has 1 fully saturated rings. The first-order chi connectivity index (χ1) is 20.7. The van der Waals surface area contributed by atoms with Crippen molar-refractivity contribution in [3.63, 3.8) is 0 Å². The third kappa shape index (κ3) is 7.41. The Labute approximate surface area is 257 Å². The summed E-state index contributed by atoms with van der Waals surface area (Å²) in [4.78, 5) is 13.0. The molecule has 0 N–H and O–H groups in total. The smallest absolute Gasteiger partial charge is 0.307 e. The van der Waals surface area contributed by atoms with Gasteiger partial charge >= 0.3 is 5.97 Å². The number of ether oxygens (including phenoxy) is 3. The van der Waals surface area contributed by atoms with Crippen molar-refractivity contribution in [3.8, 4) is 34.5 Å². The van der Waals surface area contributed by atoms with E-state index in [0.717, 1.165) is 33.8 Å². The molecule has 3 aromatic carbocycles. The second kappa shape index (κ2) is 13.2. The zero-order valence-electron chi connectivity index (χ0n) is 24.9. The normalized spacial score (nSPS) is 15.3. The Morgan fingerprint density at radius 2 is 1.72 bits per heavy atom. The Morgan fingerprint density at radius 1 is 1.00 bits per heavy atom. The monoisotopic (exact) mass is 616 g/mol. The lowest BCUT2D eigenvalue weighted by atomic mass is 9.96. The van der Waals surface area contributed by atoms with Crippen LogP contribution in [0.25, 0.3) is 21.2 Å². The van der Waals surface area contributed by atoms with Gasteiger partial charge in [0.2, 0.25) is 0 Å². The van der Waals surface area contributed by atoms with Crippen LogP contribution in [0.15, 0.2) is 60.7 Å². The molecule has 0 radical (unpaired) electrons. The molecule has 5 rings (SSSR count). The lowest BCUT2D eigenvalue weighted by molar-refractivity contribution is -0.140. The van der Waals surface area contributed by atoms with E-state index in [4.69, 9.17) is 14.2 Å². The number of aryl methyl sites for hydroxylation is 2. The second-order valence-corrected chi connectivity index (χ2v) is 14.5. The fourth-order valence-electron chi connectivity index (χ4n) is 5.50. The maximum Gasteiger partial charge on any atom is 0.307 e. The number of hydrogen-bond donors (Lipinski definition) is 0. The van der Waals surface area contributed by atoms with Crippen LogP contribution in [-0.4, -0.2) is 39.1 Å². The zero-order chi connectivity index (χ0) is 30.6. The third-order valence-corrected chi connectivity index (χ3v) is 10.6. The number of carbonyl (C=O) groups excluding carboxylic acids is 1. The summed E-state index contributed by atoms with van der Waals surface area (Å²) in [5, 5.41) is 1.19. The first kappa shape index (κ1) is 30.7. The number of benzene rings is 3. The molecule has 224 valence electrons. The Morgan fingerprint density at radius 3 is 2.40 bits per heavy atom. The quantitative estimate of drug-likeness (QED) is 0.144. The molecule has 1 aromatic heterocycles. The fourth-order valence-corrected chi connectivity index (χ4v) is 8.01. The minimum Gasteiger partial charge on any atom is -0.490 e. The standard InChI is InChI=1S/C35H36O6S2/c1-5-6-27(21-34(36)39-4)26-8-10-28(11-9-26)40-22-25-7-14-33-32(20-25)35(24(3)42-33)31-13-12-30(19-23(31)2)41-29-15-17-43(37,38)18-16-29/h7-14,19-20,27,29H,15-18,21-22H2,1-4H3/t27-/m0/s1. The number of fused-ring (bicyclic) bond motifs is 1. The summed E-state index contributed by atoms with van der Waals surface area (Å²) in [7, 11) is -1.53. The van der Waals surface area contributed by atoms with E-state index in [9.17, 15) is 13.2 Å². The van der Waals surface area contributed by atoms with Crippen LogP contribution in [0, 0.1) is 25.7 Å². The van der Waals surface area contributed by atoms with Crippen LogP contribution in [0.4, 0.5) is 0 Å². The van der Waals surface area contributed by atoms with Crippen molar-refractivity contribution < 1.29 is 27.4 Å². The Balaban J connectivity index is 1.30. The largest absolute Gasteiger partial charge is 0.490 e. The van der Waals surface area contributed by atoms with Gasteiger partial charge in [-0.1, -0.05) is 30.2 Å². The van der Waals surface area contributed by atoms with Crippen molar-refractivity contribution in [2.45, 2.75) is 58.7 Å². The van der Waals surface area contributed by atoms with Crippen molar-refractivity contribution in [2.24, 2.45) is 0 Å². The van der Waals surface area contributed by atoms with Gasteiger partial charge < -0.3 is 14.2 Å². The van der Waals surface area contributed by atoms with Gasteiger partial charge in [-0.15, -0.1) is 17.3 Å². The molecule has 0 unspecified atom stereocenters. The van der Waals surface area contributed by atoms with Gasteiger partial charge in [-0.3, -0.25) is 4.79 Å². The lowest BCUT2D eigenvalue weighted by Gasteiger charge is -2.23. The van der Waals surface area contributed by atoms with Gasteiger partial charge in [0.05, 0.1) is 31.0 Å². The second-order valence-electron chi connectivity index (χ2n) is 10.9. The highest BCUT2D eigenvalue weighted by molar-refractivity contribution is 7.91. The van der Waals surface area contributed by atoms with Gasteiger partial charge in [0.1, 0.15) is 24.2 Å². The van der Waals surface area contributed by atoms with Crippen LogP contribution < -0.4 is 9.47 Å². The maximum atomic E-state index is 11.8. The average molecular weight is 617 g/mol. The van der Waals surface area contributed by atoms with Crippen molar-refractivity contribution >= 4 is 37.2 Å². The highest BCUT2D eigenvalue weighted by Gasteiger charge is 2.25. The summed E-state index contributed by atoms with van der Waals surface area (Å²) in [6, 6.07) is 20.3. The molecule has 0 spiro atoms. The molecule has 1 saturated heterocycles. The predicted molar refractivity (Wildman–Crippen MR) is 173 cm³/mol. The van der Waals surface area contributed by atoms with E-state index in [1.165, 1.54) is 27.6 Å². The highest BCUT2D eigenvalue weighted by atomic mass is 32.2. The molecule has 43 heavy (non-hydrogen) atoms. The van der Waals surface area contributed by atoms with Gasteiger partial charge in [-0.2, -0.15) is 0 Å². The minimum atomic E-state index is -2.92. The van der Waals surface area contributed by atoms with Gasteiger partial charge in [-0.05, 0) is 92.3 Å². The first-order valence-electron chi connectivity index (χ1n) is 14.4. The molecule has 0 amide bonds. The molecule has 1 aliphatic rings. The number of methoxy groups -OCH3 is 1. The zero-order valence-corrected chi connectivity index (χ0v) is 26.6. The van der Waals surface area contributed by atoms with E-state index in [1.54, 1.807) is 18.3 Å². The molecule has 0 saturated carbocycles. The molecule has 4 aromatic rings. The van der Waals surface area contributed by atoms with Crippen LogP contribution >= 0.6 is 11.3 Å². The Hall–Kier alpha value is -3.80. The third-order valence-electron chi connectivity index (χ3n) is 7.81. The number of thiophene rings is 1. The van der Waals surface area contributed by atoms with Crippen molar-refractivity contribution in [1.29, 1.82) is 0 Å². The Kier molecular flexibility index (Phi) is 9.43. The summed E-state index contributed by atoms with van der Waals surface area (Å²) in [5.74, 6) is 7.39. The number of rotatable bonds is 9. The number of hydrogen-bond acceptors (Lipinski definition) is 7. The summed E-state index contributed by atoms with van der Waals surface area (Å²) in [6.45, 7) is 6.43. The van der Waals surface area contributed by atoms with Gasteiger partial charge in [-0.25, -0.2) is 8.42 Å². The highest BCUT2D eigenvalue weighted by Crippen LogP contribution is 2.41. The van der Waals surface area contributed by atoms with Crippen LogP contribution in [0.3, 0.4) is 0 Å². The average Bonchev–Trinajstić information content (AvgIpc) is 3.32. The number of esters is 1. The van der Waals surface area contributed by atoms with E-state index in [2.05, 4.69) is 56.0 Å². The summed E-state index contributed by atoms with van der Waals surface area (Å²) in [5.41, 5.74) is 5.51. The van der Waals surface area contributed by atoms with Gasteiger partial charge in [0.25, 0.3) is 0 Å². The van der Waals surface area contributed by atoms with Crippen LogP contribution in [0.5, 0.6) is 11.5 Å². The Bertz CT molecular complexity index is 1780. The van der Waals surface area contributed by atoms with E-state index in [0.29, 0.717) is 19.4 Å². The van der Waals surface area contributed by atoms with E-state index in [1.807, 2.05) is 30.3 Å². The van der Waals surface area contributed by atoms with Gasteiger partial charge in [0, 0.05) is 20.5 Å². The number of carbonyl (C=O) groups is 1. The molecule has 8 heteroatoms.